The number of methoxy groups -OCH3 is 1. The molecule has 1 aromatic rings. The minimum absolute atomic E-state index is 0. The Kier molecular flexibility index (Phi) is 8.46. The van der Waals surface area contributed by atoms with Gasteiger partial charge in [0.05, 0.1) is 6.61 Å². The highest BCUT2D eigenvalue weighted by Gasteiger charge is 2.28. The fourth-order valence-electron chi connectivity index (χ4n) is 3.10. The fraction of sp³-hybridized carbons (Fsp3) is 0.588. The zero-order valence-corrected chi connectivity index (χ0v) is 14.0. The van der Waals surface area contributed by atoms with Crippen molar-refractivity contribution >= 4 is 18.3 Å². The summed E-state index contributed by atoms with van der Waals surface area (Å²) in [6, 6.07) is 10.1. The highest BCUT2D eigenvalue weighted by Crippen LogP contribution is 2.27. The van der Waals surface area contributed by atoms with Crippen LogP contribution >= 0.6 is 12.4 Å². The summed E-state index contributed by atoms with van der Waals surface area (Å²) in [7, 11) is 1.56. The summed E-state index contributed by atoms with van der Waals surface area (Å²) in [5.41, 5.74) is 7.14. The number of hydrogen-bond acceptors (Lipinski definition) is 3. The van der Waals surface area contributed by atoms with Gasteiger partial charge in [-0.05, 0) is 30.7 Å². The molecule has 5 heteroatoms. The zero-order chi connectivity index (χ0) is 15.1. The highest BCUT2D eigenvalue weighted by atomic mass is 35.5. The second-order valence-corrected chi connectivity index (χ2v) is 5.91. The van der Waals surface area contributed by atoms with E-state index in [4.69, 9.17) is 10.5 Å². The summed E-state index contributed by atoms with van der Waals surface area (Å²) < 4.78 is 4.95. The van der Waals surface area contributed by atoms with Crippen molar-refractivity contribution in [1.29, 1.82) is 0 Å². The molecule has 2 rings (SSSR count). The molecule has 22 heavy (non-hydrogen) atoms. The molecule has 1 aliphatic rings. The van der Waals surface area contributed by atoms with Crippen LogP contribution in [0.25, 0.3) is 0 Å². The molecule has 124 valence electrons. The lowest BCUT2D eigenvalue weighted by Gasteiger charge is -2.33. The van der Waals surface area contributed by atoms with Gasteiger partial charge in [-0.2, -0.15) is 0 Å². The number of halogens is 1. The monoisotopic (exact) mass is 326 g/mol. The SMILES string of the molecule is COCC(N)C(=O)NC1CCCCC1Cc1ccccc1.Cl. The number of hydrogen-bond donors (Lipinski definition) is 2. The first kappa shape index (κ1) is 18.9. The molecule has 0 radical (unpaired) electrons. The zero-order valence-electron chi connectivity index (χ0n) is 13.2. The van der Waals surface area contributed by atoms with Crippen LogP contribution in [0.15, 0.2) is 30.3 Å². The molecule has 1 fully saturated rings. The summed E-state index contributed by atoms with van der Waals surface area (Å²) in [5.74, 6) is 0.404. The van der Waals surface area contributed by atoms with Gasteiger partial charge in [0.2, 0.25) is 5.91 Å². The molecular formula is C17H27ClN2O2. The van der Waals surface area contributed by atoms with Crippen molar-refractivity contribution in [2.24, 2.45) is 11.7 Å². The highest BCUT2D eigenvalue weighted by molar-refractivity contribution is 5.85. The smallest absolute Gasteiger partial charge is 0.239 e. The fourth-order valence-corrected chi connectivity index (χ4v) is 3.10. The molecule has 3 N–H and O–H groups in total. The van der Waals surface area contributed by atoms with Crippen molar-refractivity contribution in [3.63, 3.8) is 0 Å². The van der Waals surface area contributed by atoms with Crippen molar-refractivity contribution in [1.82, 2.24) is 5.32 Å². The molecule has 0 spiro atoms. The first-order valence-electron chi connectivity index (χ1n) is 7.79. The van der Waals surface area contributed by atoms with E-state index < -0.39 is 6.04 Å². The van der Waals surface area contributed by atoms with Gasteiger partial charge in [0.25, 0.3) is 0 Å². The number of carbonyl (C=O) groups excluding carboxylic acids is 1. The minimum atomic E-state index is -0.575. The van der Waals surface area contributed by atoms with E-state index >= 15 is 0 Å². The molecule has 3 atom stereocenters. The largest absolute Gasteiger partial charge is 0.383 e. The summed E-state index contributed by atoms with van der Waals surface area (Å²) in [5, 5.41) is 3.13. The third kappa shape index (κ3) is 5.59. The Morgan fingerprint density at radius 2 is 2.00 bits per heavy atom. The second-order valence-electron chi connectivity index (χ2n) is 5.91. The van der Waals surface area contributed by atoms with Gasteiger partial charge in [-0.1, -0.05) is 43.2 Å². The van der Waals surface area contributed by atoms with E-state index in [0.717, 1.165) is 12.8 Å². The number of ether oxygens (including phenoxy) is 1. The van der Waals surface area contributed by atoms with E-state index in [1.807, 2.05) is 6.07 Å². The summed E-state index contributed by atoms with van der Waals surface area (Å²) in [6.45, 7) is 0.266. The number of benzene rings is 1. The topological polar surface area (TPSA) is 64.3 Å². The molecule has 0 aromatic heterocycles. The van der Waals surface area contributed by atoms with Crippen LogP contribution in [-0.2, 0) is 16.0 Å². The molecular weight excluding hydrogens is 300 g/mol. The van der Waals surface area contributed by atoms with Crippen molar-refractivity contribution in [2.75, 3.05) is 13.7 Å². The number of nitrogens with one attached hydrogen (secondary N) is 1. The average Bonchev–Trinajstić information content (AvgIpc) is 2.50. The van der Waals surface area contributed by atoms with Crippen LogP contribution in [0.4, 0.5) is 0 Å². The van der Waals surface area contributed by atoms with Crippen molar-refractivity contribution in [3.8, 4) is 0 Å². The van der Waals surface area contributed by atoms with Crippen LogP contribution in [0.1, 0.15) is 31.2 Å². The van der Waals surface area contributed by atoms with Gasteiger partial charge < -0.3 is 15.8 Å². The van der Waals surface area contributed by atoms with E-state index in [-0.39, 0.29) is 31.0 Å². The first-order chi connectivity index (χ1) is 10.2. The molecule has 0 heterocycles. The normalized spacial score (nSPS) is 22.5. The lowest BCUT2D eigenvalue weighted by molar-refractivity contribution is -0.124. The van der Waals surface area contributed by atoms with E-state index in [0.29, 0.717) is 5.92 Å². The molecule has 1 aliphatic carbocycles. The molecule has 0 saturated heterocycles. The van der Waals surface area contributed by atoms with Gasteiger partial charge in [-0.3, -0.25) is 4.79 Å². The molecule has 3 unspecified atom stereocenters. The van der Waals surface area contributed by atoms with Crippen LogP contribution in [-0.4, -0.2) is 31.7 Å². The number of amides is 1. The molecule has 0 bridgehead atoms. The minimum Gasteiger partial charge on any atom is -0.383 e. The quantitative estimate of drug-likeness (QED) is 0.843. The summed E-state index contributed by atoms with van der Waals surface area (Å²) in [4.78, 5) is 12.1. The summed E-state index contributed by atoms with van der Waals surface area (Å²) >= 11 is 0. The average molecular weight is 327 g/mol. The molecule has 0 aliphatic heterocycles. The van der Waals surface area contributed by atoms with Gasteiger partial charge in [0, 0.05) is 13.2 Å². The van der Waals surface area contributed by atoms with Crippen molar-refractivity contribution in [3.05, 3.63) is 35.9 Å². The second kappa shape index (κ2) is 9.82. The maximum absolute atomic E-state index is 12.1. The van der Waals surface area contributed by atoms with Crippen LogP contribution < -0.4 is 11.1 Å². The lowest BCUT2D eigenvalue weighted by atomic mass is 9.80. The maximum Gasteiger partial charge on any atom is 0.239 e. The van der Waals surface area contributed by atoms with Gasteiger partial charge in [-0.15, -0.1) is 12.4 Å². The van der Waals surface area contributed by atoms with Crippen molar-refractivity contribution < 1.29 is 9.53 Å². The van der Waals surface area contributed by atoms with Crippen LogP contribution in [0, 0.1) is 5.92 Å². The number of nitrogens with two attached hydrogens (primary N) is 1. The Morgan fingerprint density at radius 1 is 1.32 bits per heavy atom. The maximum atomic E-state index is 12.1. The Balaban J connectivity index is 0.00000242. The molecule has 1 amide bonds. The van der Waals surface area contributed by atoms with Gasteiger partial charge in [-0.25, -0.2) is 0 Å². The van der Waals surface area contributed by atoms with E-state index in [1.54, 1.807) is 7.11 Å². The van der Waals surface area contributed by atoms with Gasteiger partial charge >= 0.3 is 0 Å². The summed E-state index contributed by atoms with van der Waals surface area (Å²) in [6.07, 6.45) is 5.65. The third-order valence-corrected chi connectivity index (χ3v) is 4.26. The van der Waals surface area contributed by atoms with Gasteiger partial charge in [0.1, 0.15) is 6.04 Å². The van der Waals surface area contributed by atoms with Crippen LogP contribution in [0.3, 0.4) is 0 Å². The molecule has 1 aromatic carbocycles. The standard InChI is InChI=1S/C17H26N2O2.ClH/c1-21-12-15(18)17(20)19-16-10-6-5-9-14(16)11-13-7-3-2-4-8-13;/h2-4,7-8,14-16H,5-6,9-12,18H2,1H3,(H,19,20);1H. The van der Waals surface area contributed by atoms with Crippen molar-refractivity contribution in [2.45, 2.75) is 44.2 Å². The Hall–Kier alpha value is -1.10. The Bertz CT molecular complexity index is 442. The lowest BCUT2D eigenvalue weighted by Crippen LogP contribution is -2.50. The predicted molar refractivity (Wildman–Crippen MR) is 91.1 cm³/mol. The number of carbonyl (C=O) groups is 1. The predicted octanol–water partition coefficient (Wildman–Crippen LogP) is 2.30. The first-order valence-corrected chi connectivity index (χ1v) is 7.79. The van der Waals surface area contributed by atoms with Crippen LogP contribution in [0.5, 0.6) is 0 Å². The van der Waals surface area contributed by atoms with E-state index in [1.165, 1.54) is 24.8 Å². The molecule has 4 nitrogen and oxygen atoms in total. The van der Waals surface area contributed by atoms with E-state index in [9.17, 15) is 4.79 Å². The Labute approximate surface area is 139 Å². The van der Waals surface area contributed by atoms with Gasteiger partial charge in [0.15, 0.2) is 0 Å². The third-order valence-electron chi connectivity index (χ3n) is 4.26. The van der Waals surface area contributed by atoms with Crippen LogP contribution in [0.2, 0.25) is 0 Å². The van der Waals surface area contributed by atoms with E-state index in [2.05, 4.69) is 29.6 Å². The Morgan fingerprint density at radius 3 is 2.68 bits per heavy atom. The number of rotatable bonds is 6. The molecule has 1 saturated carbocycles.